The second-order valence-corrected chi connectivity index (χ2v) is 6.10. The number of hydrogen-bond donors (Lipinski definition) is 1. The van der Waals surface area contributed by atoms with E-state index in [1.165, 1.54) is 12.5 Å². The predicted octanol–water partition coefficient (Wildman–Crippen LogP) is 2.84. The van der Waals surface area contributed by atoms with Gasteiger partial charge in [0.15, 0.2) is 0 Å². The summed E-state index contributed by atoms with van der Waals surface area (Å²) in [6, 6.07) is 13.7. The van der Waals surface area contributed by atoms with Gasteiger partial charge in [-0.15, -0.1) is 0 Å². The Bertz CT molecular complexity index is 1020. The van der Waals surface area contributed by atoms with Crippen LogP contribution >= 0.6 is 0 Å². The van der Waals surface area contributed by atoms with Crippen molar-refractivity contribution in [2.24, 2.45) is 0 Å². The summed E-state index contributed by atoms with van der Waals surface area (Å²) in [4.78, 5) is 45.9. The maximum absolute atomic E-state index is 12.4. The molecule has 0 bridgehead atoms. The largest absolute Gasteiger partial charge is 0.322 e. The summed E-state index contributed by atoms with van der Waals surface area (Å²) in [6.45, 7) is 1.97. The van der Waals surface area contributed by atoms with E-state index in [4.69, 9.17) is 0 Å². The molecule has 0 saturated heterocycles. The van der Waals surface area contributed by atoms with Crippen molar-refractivity contribution in [3.63, 3.8) is 0 Å². The first-order valence-corrected chi connectivity index (χ1v) is 8.21. The molecule has 7 nitrogen and oxygen atoms in total. The van der Waals surface area contributed by atoms with Gasteiger partial charge in [-0.2, -0.15) is 0 Å². The van der Waals surface area contributed by atoms with Gasteiger partial charge in [0.2, 0.25) is 0 Å². The zero-order chi connectivity index (χ0) is 19.0. The molecule has 0 unspecified atom stereocenters. The van der Waals surface area contributed by atoms with Crippen LogP contribution in [0.25, 0.3) is 0 Å². The number of nitrogens with zero attached hydrogens (tertiary/aromatic N) is 3. The van der Waals surface area contributed by atoms with Gasteiger partial charge in [-0.1, -0.05) is 17.7 Å². The summed E-state index contributed by atoms with van der Waals surface area (Å²) in [7, 11) is 0. The molecule has 0 aliphatic carbocycles. The third kappa shape index (κ3) is 2.95. The SMILES string of the molecule is Cc1ccc(NC(=O)c2ccc(N3C(=O)c4cncnc4C3=O)cc2)cc1. The van der Waals surface area contributed by atoms with Gasteiger partial charge in [0.1, 0.15) is 12.0 Å². The number of benzene rings is 2. The van der Waals surface area contributed by atoms with Gasteiger partial charge in [-0.3, -0.25) is 14.4 Å². The summed E-state index contributed by atoms with van der Waals surface area (Å²) in [5.41, 5.74) is 2.82. The van der Waals surface area contributed by atoms with E-state index >= 15 is 0 Å². The Morgan fingerprint density at radius 1 is 0.963 bits per heavy atom. The number of nitrogens with one attached hydrogen (secondary N) is 1. The molecule has 0 atom stereocenters. The number of carbonyl (C=O) groups excluding carboxylic acids is 3. The Labute approximate surface area is 154 Å². The number of aromatic nitrogens is 2. The minimum absolute atomic E-state index is 0.0798. The van der Waals surface area contributed by atoms with Crippen molar-refractivity contribution in [2.45, 2.75) is 6.92 Å². The lowest BCUT2D eigenvalue weighted by Gasteiger charge is -2.14. The quantitative estimate of drug-likeness (QED) is 0.727. The lowest BCUT2D eigenvalue weighted by Crippen LogP contribution is -2.29. The number of fused-ring (bicyclic) bond motifs is 1. The fraction of sp³-hybridized carbons (Fsp3) is 0.0500. The number of amides is 3. The van der Waals surface area contributed by atoms with E-state index in [1.807, 2.05) is 31.2 Å². The number of aryl methyl sites for hydroxylation is 1. The van der Waals surface area contributed by atoms with Gasteiger partial charge in [0.05, 0.1) is 11.3 Å². The molecular formula is C20H14N4O3. The number of rotatable bonds is 3. The Morgan fingerprint density at radius 2 is 1.67 bits per heavy atom. The Balaban J connectivity index is 1.54. The number of carbonyl (C=O) groups is 3. The van der Waals surface area contributed by atoms with E-state index in [0.29, 0.717) is 16.9 Å². The smallest absolute Gasteiger partial charge is 0.284 e. The van der Waals surface area contributed by atoms with E-state index in [9.17, 15) is 14.4 Å². The molecule has 3 aromatic rings. The molecule has 132 valence electrons. The topological polar surface area (TPSA) is 92.3 Å². The van der Waals surface area contributed by atoms with Crippen molar-refractivity contribution in [2.75, 3.05) is 10.2 Å². The molecule has 7 heteroatoms. The van der Waals surface area contributed by atoms with E-state index in [2.05, 4.69) is 15.3 Å². The average molecular weight is 358 g/mol. The molecular weight excluding hydrogens is 344 g/mol. The van der Waals surface area contributed by atoms with Crippen LogP contribution in [0.4, 0.5) is 11.4 Å². The van der Waals surface area contributed by atoms with Crippen molar-refractivity contribution in [3.05, 3.63) is 83.4 Å². The molecule has 0 radical (unpaired) electrons. The van der Waals surface area contributed by atoms with Crippen LogP contribution in [0, 0.1) is 6.92 Å². The first-order chi connectivity index (χ1) is 13.0. The first-order valence-electron chi connectivity index (χ1n) is 8.21. The third-order valence-electron chi connectivity index (χ3n) is 4.25. The van der Waals surface area contributed by atoms with Gasteiger partial charge in [-0.05, 0) is 43.3 Å². The fourth-order valence-electron chi connectivity index (χ4n) is 2.81. The number of hydrogen-bond acceptors (Lipinski definition) is 5. The Morgan fingerprint density at radius 3 is 2.33 bits per heavy atom. The summed E-state index contributed by atoms with van der Waals surface area (Å²) in [5, 5.41) is 2.80. The monoisotopic (exact) mass is 358 g/mol. The van der Waals surface area contributed by atoms with Crippen LogP contribution in [-0.4, -0.2) is 27.7 Å². The second-order valence-electron chi connectivity index (χ2n) is 6.10. The zero-order valence-electron chi connectivity index (χ0n) is 14.3. The molecule has 4 rings (SSSR count). The maximum Gasteiger partial charge on any atom is 0.284 e. The fourth-order valence-corrected chi connectivity index (χ4v) is 2.81. The molecule has 0 fully saturated rings. The molecule has 1 aliphatic heterocycles. The molecule has 2 heterocycles. The van der Waals surface area contributed by atoms with Crippen LogP contribution in [0.1, 0.15) is 36.8 Å². The van der Waals surface area contributed by atoms with Crippen LogP contribution in [0.3, 0.4) is 0 Å². The first kappa shape index (κ1) is 16.6. The molecule has 3 amide bonds. The van der Waals surface area contributed by atoms with Gasteiger partial charge in [0.25, 0.3) is 17.7 Å². The van der Waals surface area contributed by atoms with Crippen LogP contribution in [0.5, 0.6) is 0 Å². The van der Waals surface area contributed by atoms with Gasteiger partial charge in [-0.25, -0.2) is 14.9 Å². The van der Waals surface area contributed by atoms with Crippen molar-refractivity contribution in [3.8, 4) is 0 Å². The van der Waals surface area contributed by atoms with Crippen molar-refractivity contribution < 1.29 is 14.4 Å². The number of anilines is 2. The predicted molar refractivity (Wildman–Crippen MR) is 98.7 cm³/mol. The van der Waals surface area contributed by atoms with Crippen LogP contribution in [-0.2, 0) is 0 Å². The van der Waals surface area contributed by atoms with E-state index < -0.39 is 11.8 Å². The molecule has 0 saturated carbocycles. The lowest BCUT2D eigenvalue weighted by atomic mass is 10.1. The molecule has 1 aromatic heterocycles. The maximum atomic E-state index is 12.4. The highest BCUT2D eigenvalue weighted by Crippen LogP contribution is 2.26. The third-order valence-corrected chi connectivity index (χ3v) is 4.25. The van der Waals surface area contributed by atoms with Crippen LogP contribution in [0.15, 0.2) is 61.1 Å². The van der Waals surface area contributed by atoms with Crippen LogP contribution in [0.2, 0.25) is 0 Å². The van der Waals surface area contributed by atoms with Gasteiger partial charge in [0, 0.05) is 17.4 Å². The van der Waals surface area contributed by atoms with Crippen molar-refractivity contribution in [1.29, 1.82) is 0 Å². The highest BCUT2D eigenvalue weighted by Gasteiger charge is 2.38. The summed E-state index contributed by atoms with van der Waals surface area (Å²) in [5.74, 6) is -1.26. The summed E-state index contributed by atoms with van der Waals surface area (Å²) < 4.78 is 0. The summed E-state index contributed by atoms with van der Waals surface area (Å²) >= 11 is 0. The van der Waals surface area contributed by atoms with Gasteiger partial charge >= 0.3 is 0 Å². The highest BCUT2D eigenvalue weighted by molar-refractivity contribution is 6.33. The van der Waals surface area contributed by atoms with Crippen molar-refractivity contribution >= 4 is 29.1 Å². The average Bonchev–Trinajstić information content (AvgIpc) is 2.95. The zero-order valence-corrected chi connectivity index (χ0v) is 14.3. The van der Waals surface area contributed by atoms with E-state index in [1.54, 1.807) is 24.3 Å². The Kier molecular flexibility index (Phi) is 3.97. The molecule has 27 heavy (non-hydrogen) atoms. The molecule has 1 N–H and O–H groups in total. The molecule has 0 spiro atoms. The minimum Gasteiger partial charge on any atom is -0.322 e. The standard InChI is InChI=1S/C20H14N4O3/c1-12-2-6-14(7-3-12)23-18(25)13-4-8-15(9-5-13)24-19(26)16-10-21-11-22-17(16)20(24)27/h2-11H,1H3,(H,23,25). The van der Waals surface area contributed by atoms with E-state index in [0.717, 1.165) is 10.5 Å². The second kappa shape index (κ2) is 6.45. The summed E-state index contributed by atoms with van der Waals surface area (Å²) in [6.07, 6.45) is 2.55. The Hall–Kier alpha value is -3.87. The molecule has 1 aliphatic rings. The van der Waals surface area contributed by atoms with Gasteiger partial charge < -0.3 is 5.32 Å². The van der Waals surface area contributed by atoms with Crippen molar-refractivity contribution in [1.82, 2.24) is 9.97 Å². The molecule has 2 aromatic carbocycles. The highest BCUT2D eigenvalue weighted by atomic mass is 16.2. The lowest BCUT2D eigenvalue weighted by molar-refractivity contribution is 0.0924. The van der Waals surface area contributed by atoms with E-state index in [-0.39, 0.29) is 17.2 Å². The normalized spacial score (nSPS) is 12.9. The van der Waals surface area contributed by atoms with Crippen LogP contribution < -0.4 is 10.2 Å². The number of imide groups is 1. The minimum atomic E-state index is -0.505.